The molecule has 0 aliphatic carbocycles. The van der Waals surface area contributed by atoms with Crippen molar-refractivity contribution in [3.8, 4) is 0 Å². The number of pyridine rings is 1. The van der Waals surface area contributed by atoms with Gasteiger partial charge in [-0.15, -0.1) is 0 Å². The van der Waals surface area contributed by atoms with Gasteiger partial charge in [0.05, 0.1) is 29.3 Å². The Kier molecular flexibility index (Phi) is 3.57. The van der Waals surface area contributed by atoms with Crippen LogP contribution in [-0.4, -0.2) is 26.3 Å². The Morgan fingerprint density at radius 3 is 2.92 bits per heavy atom. The highest BCUT2D eigenvalue weighted by Gasteiger charge is 2.15. The number of hydrogen-bond acceptors (Lipinski definition) is 4. The van der Waals surface area contributed by atoms with Gasteiger partial charge in [-0.3, -0.25) is 14.9 Å². The Morgan fingerprint density at radius 1 is 1.24 bits per heavy atom. The van der Waals surface area contributed by atoms with E-state index in [9.17, 15) is 9.90 Å². The van der Waals surface area contributed by atoms with E-state index in [4.69, 9.17) is 0 Å². The minimum absolute atomic E-state index is 0.0850. The van der Waals surface area contributed by atoms with Gasteiger partial charge in [0.2, 0.25) is 0 Å². The highest BCUT2D eigenvalue weighted by atomic mass is 16.4. The highest BCUT2D eigenvalue weighted by Crippen LogP contribution is 2.32. The molecular formula is C19H16N4O2. The Hall–Kier alpha value is -3.41. The molecule has 25 heavy (non-hydrogen) atoms. The van der Waals surface area contributed by atoms with Crippen molar-refractivity contribution in [1.82, 2.24) is 15.2 Å². The number of aliphatic carboxylic acids is 1. The number of carboxylic acid groups (broad SMARTS) is 1. The summed E-state index contributed by atoms with van der Waals surface area (Å²) in [5.74, 6) is -0.882. The van der Waals surface area contributed by atoms with Crippen LogP contribution in [0.25, 0.3) is 21.8 Å². The normalized spacial score (nSPS) is 11.1. The molecule has 6 heteroatoms. The van der Waals surface area contributed by atoms with E-state index in [-0.39, 0.29) is 6.42 Å². The number of rotatable bonds is 4. The number of nitrogens with one attached hydrogen (secondary N) is 2. The Balaban J connectivity index is 1.89. The largest absolute Gasteiger partial charge is 0.481 e. The predicted molar refractivity (Wildman–Crippen MR) is 97.2 cm³/mol. The lowest BCUT2D eigenvalue weighted by molar-refractivity contribution is -0.136. The van der Waals surface area contributed by atoms with Crippen LogP contribution in [0.4, 0.5) is 11.4 Å². The molecule has 0 bridgehead atoms. The van der Waals surface area contributed by atoms with Gasteiger partial charge >= 0.3 is 5.97 Å². The molecular weight excluding hydrogens is 316 g/mol. The van der Waals surface area contributed by atoms with Crippen molar-refractivity contribution in [2.24, 2.45) is 0 Å². The summed E-state index contributed by atoms with van der Waals surface area (Å²) in [7, 11) is 0. The molecule has 0 aliphatic rings. The van der Waals surface area contributed by atoms with Crippen molar-refractivity contribution in [3.63, 3.8) is 0 Å². The summed E-state index contributed by atoms with van der Waals surface area (Å²) in [6.07, 6.45) is 1.68. The van der Waals surface area contributed by atoms with E-state index in [1.165, 1.54) is 0 Å². The maximum absolute atomic E-state index is 11.3. The van der Waals surface area contributed by atoms with Crippen LogP contribution in [0.15, 0.2) is 48.7 Å². The first-order valence-corrected chi connectivity index (χ1v) is 7.92. The molecule has 0 fully saturated rings. The molecule has 0 unspecified atom stereocenters. The zero-order valence-corrected chi connectivity index (χ0v) is 13.6. The molecule has 0 radical (unpaired) electrons. The summed E-state index contributed by atoms with van der Waals surface area (Å²) in [6.45, 7) is 1.84. The van der Waals surface area contributed by atoms with Gasteiger partial charge in [0.1, 0.15) is 0 Å². The third kappa shape index (κ3) is 2.78. The van der Waals surface area contributed by atoms with Gasteiger partial charge in [-0.25, -0.2) is 0 Å². The summed E-state index contributed by atoms with van der Waals surface area (Å²) in [6, 6.07) is 13.6. The van der Waals surface area contributed by atoms with Crippen LogP contribution in [0, 0.1) is 6.92 Å². The third-order valence-electron chi connectivity index (χ3n) is 4.24. The number of nitrogens with zero attached hydrogens (tertiary/aromatic N) is 2. The number of carboxylic acids is 1. The predicted octanol–water partition coefficient (Wildman–Crippen LogP) is 3.79. The van der Waals surface area contributed by atoms with Crippen molar-refractivity contribution in [1.29, 1.82) is 0 Å². The first-order valence-electron chi connectivity index (χ1n) is 7.92. The van der Waals surface area contributed by atoms with E-state index in [1.807, 2.05) is 49.4 Å². The van der Waals surface area contributed by atoms with Gasteiger partial charge < -0.3 is 10.4 Å². The minimum Gasteiger partial charge on any atom is -0.481 e. The number of hydrogen-bond donors (Lipinski definition) is 3. The number of anilines is 2. The van der Waals surface area contributed by atoms with Gasteiger partial charge in [-0.1, -0.05) is 18.2 Å². The number of carbonyl (C=O) groups is 1. The number of H-pyrrole nitrogens is 1. The lowest BCUT2D eigenvalue weighted by atomic mass is 10.0. The molecule has 4 aromatic rings. The topological polar surface area (TPSA) is 90.9 Å². The molecule has 124 valence electrons. The van der Waals surface area contributed by atoms with Crippen LogP contribution in [0.2, 0.25) is 0 Å². The summed E-state index contributed by atoms with van der Waals surface area (Å²) < 4.78 is 0. The summed E-state index contributed by atoms with van der Waals surface area (Å²) in [4.78, 5) is 15.9. The van der Waals surface area contributed by atoms with Crippen molar-refractivity contribution in [2.75, 3.05) is 5.32 Å². The molecule has 4 rings (SSSR count). The molecule has 0 atom stereocenters. The maximum atomic E-state index is 11.3. The fraction of sp³-hybridized carbons (Fsp3) is 0.105. The zero-order valence-electron chi connectivity index (χ0n) is 13.6. The quantitative estimate of drug-likeness (QED) is 0.529. The average molecular weight is 332 g/mol. The number of para-hydroxylation sites is 1. The second-order valence-corrected chi connectivity index (χ2v) is 5.94. The van der Waals surface area contributed by atoms with Gasteiger partial charge in [-0.05, 0) is 31.2 Å². The van der Waals surface area contributed by atoms with E-state index in [0.717, 1.165) is 33.2 Å². The van der Waals surface area contributed by atoms with E-state index >= 15 is 0 Å². The van der Waals surface area contributed by atoms with Crippen LogP contribution in [0.1, 0.15) is 11.3 Å². The smallest absolute Gasteiger partial charge is 0.307 e. The van der Waals surface area contributed by atoms with E-state index in [1.54, 1.807) is 6.20 Å². The first-order chi connectivity index (χ1) is 12.1. The van der Waals surface area contributed by atoms with Crippen LogP contribution < -0.4 is 5.32 Å². The lowest BCUT2D eigenvalue weighted by Gasteiger charge is -2.16. The molecule has 2 aromatic heterocycles. The van der Waals surface area contributed by atoms with Crippen LogP contribution in [0.5, 0.6) is 0 Å². The average Bonchev–Trinajstić information content (AvgIpc) is 3.05. The van der Waals surface area contributed by atoms with E-state index in [0.29, 0.717) is 11.3 Å². The summed E-state index contributed by atoms with van der Waals surface area (Å²) in [5.41, 5.74) is 4.80. The Labute approximate surface area is 143 Å². The van der Waals surface area contributed by atoms with Gasteiger partial charge in [0.25, 0.3) is 0 Å². The monoisotopic (exact) mass is 332 g/mol. The van der Waals surface area contributed by atoms with Crippen molar-refractivity contribution < 1.29 is 9.90 Å². The molecule has 3 N–H and O–H groups in total. The van der Waals surface area contributed by atoms with Gasteiger partial charge in [-0.2, -0.15) is 5.10 Å². The molecule has 0 spiro atoms. The first kappa shape index (κ1) is 15.1. The molecule has 6 nitrogen and oxygen atoms in total. The van der Waals surface area contributed by atoms with Crippen molar-refractivity contribution in [2.45, 2.75) is 13.3 Å². The summed E-state index contributed by atoms with van der Waals surface area (Å²) >= 11 is 0. The van der Waals surface area contributed by atoms with Crippen LogP contribution in [0.3, 0.4) is 0 Å². The van der Waals surface area contributed by atoms with E-state index in [2.05, 4.69) is 20.5 Å². The number of benzene rings is 2. The number of aromatic amines is 1. The second kappa shape index (κ2) is 5.90. The molecule has 0 amide bonds. The Morgan fingerprint density at radius 2 is 2.08 bits per heavy atom. The highest BCUT2D eigenvalue weighted by molar-refractivity contribution is 5.97. The zero-order chi connectivity index (χ0) is 17.4. The third-order valence-corrected chi connectivity index (χ3v) is 4.24. The molecule has 2 heterocycles. The van der Waals surface area contributed by atoms with Gasteiger partial charge in [0, 0.05) is 27.7 Å². The van der Waals surface area contributed by atoms with Crippen molar-refractivity contribution >= 4 is 39.1 Å². The van der Waals surface area contributed by atoms with E-state index < -0.39 is 5.97 Å². The standard InChI is InChI=1S/C19H16N4O2/c1-11-15(9-18(24)25)19(14-4-2-3-5-16(14)21-11)22-13-7-6-12-10-20-23-17(12)8-13/h2-8,10H,9H2,1H3,(H,20,23)(H,21,22)(H,24,25). The van der Waals surface area contributed by atoms with Gasteiger partial charge in [0.15, 0.2) is 0 Å². The minimum atomic E-state index is -0.882. The molecule has 2 aromatic carbocycles. The van der Waals surface area contributed by atoms with Crippen LogP contribution in [-0.2, 0) is 11.2 Å². The molecule has 0 aliphatic heterocycles. The fourth-order valence-corrected chi connectivity index (χ4v) is 3.04. The molecule has 0 saturated heterocycles. The van der Waals surface area contributed by atoms with Crippen LogP contribution >= 0.6 is 0 Å². The van der Waals surface area contributed by atoms with Crippen molar-refractivity contribution in [3.05, 3.63) is 59.9 Å². The fourth-order valence-electron chi connectivity index (χ4n) is 3.04. The Bertz CT molecular complexity index is 1100. The number of aryl methyl sites for hydroxylation is 1. The second-order valence-electron chi connectivity index (χ2n) is 5.94. The SMILES string of the molecule is Cc1nc2ccccc2c(Nc2ccc3cn[nH]c3c2)c1CC(=O)O. The number of aromatic nitrogens is 3. The lowest BCUT2D eigenvalue weighted by Crippen LogP contribution is -2.08. The number of fused-ring (bicyclic) bond motifs is 2. The molecule has 0 saturated carbocycles. The summed E-state index contributed by atoms with van der Waals surface area (Å²) in [5, 5.41) is 21.6. The maximum Gasteiger partial charge on any atom is 0.307 e.